The molecule has 1 rings (SSSR count). The quantitative estimate of drug-likeness (QED) is 0.711. The third-order valence-electron chi connectivity index (χ3n) is 2.61. The van der Waals surface area contributed by atoms with Gasteiger partial charge < -0.3 is 10.5 Å². The minimum atomic E-state index is -0.107. The SMILES string of the molecule is CC(C)CCCn1ncc(OCCCN)cc1=O. The van der Waals surface area contributed by atoms with Crippen molar-refractivity contribution in [3.63, 3.8) is 0 Å². The van der Waals surface area contributed by atoms with Crippen molar-refractivity contribution in [2.75, 3.05) is 13.2 Å². The maximum atomic E-state index is 11.7. The van der Waals surface area contributed by atoms with Gasteiger partial charge in [0.05, 0.1) is 12.8 Å². The molecule has 1 heterocycles. The van der Waals surface area contributed by atoms with Gasteiger partial charge in [0.2, 0.25) is 0 Å². The van der Waals surface area contributed by atoms with Crippen LogP contribution in [0.5, 0.6) is 5.75 Å². The fraction of sp³-hybridized carbons (Fsp3) is 0.692. The van der Waals surface area contributed by atoms with E-state index in [2.05, 4.69) is 18.9 Å². The van der Waals surface area contributed by atoms with Crippen LogP contribution >= 0.6 is 0 Å². The van der Waals surface area contributed by atoms with Crippen LogP contribution in [-0.4, -0.2) is 22.9 Å². The molecule has 0 aliphatic heterocycles. The van der Waals surface area contributed by atoms with E-state index in [1.807, 2.05) is 0 Å². The zero-order chi connectivity index (χ0) is 13.4. The molecule has 0 bridgehead atoms. The molecule has 0 amide bonds. The first-order valence-corrected chi connectivity index (χ1v) is 6.53. The number of nitrogens with two attached hydrogens (primary N) is 1. The van der Waals surface area contributed by atoms with Crippen molar-refractivity contribution in [2.24, 2.45) is 11.7 Å². The van der Waals surface area contributed by atoms with Crippen molar-refractivity contribution in [3.05, 3.63) is 22.6 Å². The topological polar surface area (TPSA) is 70.1 Å². The molecule has 0 spiro atoms. The van der Waals surface area contributed by atoms with Gasteiger partial charge in [0.15, 0.2) is 0 Å². The lowest BCUT2D eigenvalue weighted by atomic mass is 10.1. The van der Waals surface area contributed by atoms with E-state index in [1.165, 1.54) is 10.7 Å². The fourth-order valence-corrected chi connectivity index (χ4v) is 1.59. The number of hydrogen-bond acceptors (Lipinski definition) is 4. The van der Waals surface area contributed by atoms with Crippen LogP contribution in [0.15, 0.2) is 17.1 Å². The normalized spacial score (nSPS) is 10.9. The molecule has 5 heteroatoms. The van der Waals surface area contributed by atoms with E-state index < -0.39 is 0 Å². The number of nitrogens with zero attached hydrogens (tertiary/aromatic N) is 2. The van der Waals surface area contributed by atoms with Gasteiger partial charge in [0.1, 0.15) is 5.75 Å². The van der Waals surface area contributed by atoms with Crippen LogP contribution < -0.4 is 16.0 Å². The monoisotopic (exact) mass is 253 g/mol. The highest BCUT2D eigenvalue weighted by atomic mass is 16.5. The predicted molar refractivity (Wildman–Crippen MR) is 71.7 cm³/mol. The average molecular weight is 253 g/mol. The molecule has 0 fully saturated rings. The fourth-order valence-electron chi connectivity index (χ4n) is 1.59. The van der Waals surface area contributed by atoms with E-state index in [0.717, 1.165) is 19.3 Å². The lowest BCUT2D eigenvalue weighted by Crippen LogP contribution is -2.22. The first kappa shape index (κ1) is 14.7. The second-order valence-corrected chi connectivity index (χ2v) is 4.78. The Morgan fingerprint density at radius 1 is 1.44 bits per heavy atom. The Bertz CT molecular complexity index is 401. The summed E-state index contributed by atoms with van der Waals surface area (Å²) in [5.74, 6) is 1.17. The van der Waals surface area contributed by atoms with Crippen molar-refractivity contribution >= 4 is 0 Å². The van der Waals surface area contributed by atoms with E-state index >= 15 is 0 Å². The predicted octanol–water partition coefficient (Wildman–Crippen LogP) is 1.41. The highest BCUT2D eigenvalue weighted by Gasteiger charge is 2.02. The summed E-state index contributed by atoms with van der Waals surface area (Å²) in [5.41, 5.74) is 5.26. The van der Waals surface area contributed by atoms with Crippen molar-refractivity contribution in [1.82, 2.24) is 9.78 Å². The molecule has 0 aliphatic rings. The van der Waals surface area contributed by atoms with Gasteiger partial charge in [-0.25, -0.2) is 4.68 Å². The smallest absolute Gasteiger partial charge is 0.270 e. The summed E-state index contributed by atoms with van der Waals surface area (Å²) in [5, 5.41) is 4.10. The number of rotatable bonds is 8. The third-order valence-corrected chi connectivity index (χ3v) is 2.61. The zero-order valence-electron chi connectivity index (χ0n) is 11.3. The Labute approximate surface area is 108 Å². The molecule has 5 nitrogen and oxygen atoms in total. The largest absolute Gasteiger partial charge is 0.492 e. The van der Waals surface area contributed by atoms with E-state index in [9.17, 15) is 4.79 Å². The molecule has 102 valence electrons. The standard InChI is InChI=1S/C13H23N3O2/c1-11(2)5-3-7-16-13(17)9-12(10-15-16)18-8-4-6-14/h9-11H,3-8,14H2,1-2H3. The lowest BCUT2D eigenvalue weighted by Gasteiger charge is -2.08. The van der Waals surface area contributed by atoms with Crippen LogP contribution in [0.2, 0.25) is 0 Å². The van der Waals surface area contributed by atoms with Gasteiger partial charge in [0, 0.05) is 12.6 Å². The lowest BCUT2D eigenvalue weighted by molar-refractivity contribution is 0.309. The third kappa shape index (κ3) is 5.31. The van der Waals surface area contributed by atoms with Gasteiger partial charge in [-0.05, 0) is 31.7 Å². The summed E-state index contributed by atoms with van der Waals surface area (Å²) >= 11 is 0. The summed E-state index contributed by atoms with van der Waals surface area (Å²) in [4.78, 5) is 11.7. The second-order valence-electron chi connectivity index (χ2n) is 4.78. The summed E-state index contributed by atoms with van der Waals surface area (Å²) in [6.07, 6.45) is 4.44. The summed E-state index contributed by atoms with van der Waals surface area (Å²) in [6.45, 7) is 6.12. The number of aromatic nitrogens is 2. The Morgan fingerprint density at radius 2 is 2.22 bits per heavy atom. The van der Waals surface area contributed by atoms with Crippen molar-refractivity contribution in [3.8, 4) is 5.75 Å². The zero-order valence-corrected chi connectivity index (χ0v) is 11.3. The molecule has 1 aromatic rings. The van der Waals surface area contributed by atoms with Crippen LogP contribution in [0.3, 0.4) is 0 Å². The van der Waals surface area contributed by atoms with E-state index in [0.29, 0.717) is 31.4 Å². The Kier molecular flexibility index (Phi) is 6.43. The van der Waals surface area contributed by atoms with Gasteiger partial charge in [-0.1, -0.05) is 13.8 Å². The molecule has 0 aliphatic carbocycles. The van der Waals surface area contributed by atoms with E-state index in [4.69, 9.17) is 10.5 Å². The Balaban J connectivity index is 2.49. The van der Waals surface area contributed by atoms with Crippen molar-refractivity contribution < 1.29 is 4.74 Å². The molecule has 0 saturated heterocycles. The van der Waals surface area contributed by atoms with Crippen LogP contribution in [0.25, 0.3) is 0 Å². The molecule has 0 aromatic carbocycles. The van der Waals surface area contributed by atoms with Crippen LogP contribution in [0, 0.1) is 5.92 Å². The summed E-state index contributed by atoms with van der Waals surface area (Å²) in [6, 6.07) is 1.49. The molecule has 0 unspecified atom stereocenters. The minimum absolute atomic E-state index is 0.107. The first-order valence-electron chi connectivity index (χ1n) is 6.53. The highest BCUT2D eigenvalue weighted by Crippen LogP contribution is 2.06. The van der Waals surface area contributed by atoms with Gasteiger partial charge in [-0.15, -0.1) is 0 Å². The van der Waals surface area contributed by atoms with Gasteiger partial charge >= 0.3 is 0 Å². The number of aryl methyl sites for hydroxylation is 1. The highest BCUT2D eigenvalue weighted by molar-refractivity contribution is 5.13. The average Bonchev–Trinajstić information content (AvgIpc) is 2.32. The molecular weight excluding hydrogens is 230 g/mol. The van der Waals surface area contributed by atoms with Gasteiger partial charge in [0.25, 0.3) is 5.56 Å². The van der Waals surface area contributed by atoms with E-state index in [1.54, 1.807) is 6.20 Å². The van der Waals surface area contributed by atoms with Gasteiger partial charge in [-0.2, -0.15) is 5.10 Å². The maximum absolute atomic E-state index is 11.7. The Hall–Kier alpha value is -1.36. The molecule has 18 heavy (non-hydrogen) atoms. The number of hydrogen-bond donors (Lipinski definition) is 1. The summed E-state index contributed by atoms with van der Waals surface area (Å²) in [7, 11) is 0. The van der Waals surface area contributed by atoms with Crippen molar-refractivity contribution in [1.29, 1.82) is 0 Å². The van der Waals surface area contributed by atoms with Gasteiger partial charge in [-0.3, -0.25) is 4.79 Å². The molecule has 0 saturated carbocycles. The second kappa shape index (κ2) is 7.87. The first-order chi connectivity index (χ1) is 8.63. The molecule has 1 aromatic heterocycles. The Morgan fingerprint density at radius 3 is 2.83 bits per heavy atom. The molecule has 2 N–H and O–H groups in total. The van der Waals surface area contributed by atoms with Crippen molar-refractivity contribution in [2.45, 2.75) is 39.7 Å². The van der Waals surface area contributed by atoms with Crippen LogP contribution in [-0.2, 0) is 6.54 Å². The maximum Gasteiger partial charge on any atom is 0.270 e. The van der Waals surface area contributed by atoms with E-state index in [-0.39, 0.29) is 5.56 Å². The number of ether oxygens (including phenoxy) is 1. The van der Waals surface area contributed by atoms with Crippen LogP contribution in [0.4, 0.5) is 0 Å². The molecular formula is C13H23N3O2. The molecule has 0 radical (unpaired) electrons. The summed E-state index contributed by atoms with van der Waals surface area (Å²) < 4.78 is 6.85. The minimum Gasteiger partial charge on any atom is -0.492 e. The molecule has 0 atom stereocenters. The van der Waals surface area contributed by atoms with Crippen LogP contribution in [0.1, 0.15) is 33.1 Å².